The van der Waals surface area contributed by atoms with Crippen LogP contribution in [0.1, 0.15) is 24.6 Å². The lowest BCUT2D eigenvalue weighted by Crippen LogP contribution is -2.17. The fourth-order valence-corrected chi connectivity index (χ4v) is 3.87. The molecule has 5 heteroatoms. The molecular weight excluding hydrogens is 376 g/mol. The zero-order chi connectivity index (χ0) is 21.1. The topological polar surface area (TPSA) is 53.4 Å². The summed E-state index contributed by atoms with van der Waals surface area (Å²) in [6.45, 7) is 4.94. The summed E-state index contributed by atoms with van der Waals surface area (Å²) < 4.78 is 13.2. The summed E-state index contributed by atoms with van der Waals surface area (Å²) in [4.78, 5) is 17.0. The number of aromatic nitrogens is 2. The Morgan fingerprint density at radius 3 is 2.67 bits per heavy atom. The van der Waals surface area contributed by atoms with Gasteiger partial charge in [0, 0.05) is 29.6 Å². The third-order valence-electron chi connectivity index (χ3n) is 5.58. The van der Waals surface area contributed by atoms with Gasteiger partial charge >= 0.3 is 5.97 Å². The number of pyridine rings is 1. The van der Waals surface area contributed by atoms with Crippen LogP contribution < -0.4 is 4.74 Å². The molecule has 0 fully saturated rings. The highest BCUT2D eigenvalue weighted by atomic mass is 16.5. The van der Waals surface area contributed by atoms with Crippen LogP contribution >= 0.6 is 0 Å². The van der Waals surface area contributed by atoms with Crippen molar-refractivity contribution in [1.29, 1.82) is 0 Å². The number of hydrogen-bond acceptors (Lipinski definition) is 4. The van der Waals surface area contributed by atoms with E-state index in [2.05, 4.69) is 15.6 Å². The second kappa shape index (κ2) is 8.57. The summed E-state index contributed by atoms with van der Waals surface area (Å²) in [7, 11) is 1.67. The van der Waals surface area contributed by atoms with Gasteiger partial charge in [0.15, 0.2) is 0 Å². The molecule has 2 heterocycles. The molecule has 0 saturated heterocycles. The van der Waals surface area contributed by atoms with E-state index in [0.29, 0.717) is 19.6 Å². The highest BCUT2D eigenvalue weighted by Crippen LogP contribution is 2.33. The minimum absolute atomic E-state index is 0.174. The largest absolute Gasteiger partial charge is 0.497 e. The van der Waals surface area contributed by atoms with Crippen molar-refractivity contribution >= 4 is 27.8 Å². The van der Waals surface area contributed by atoms with Crippen LogP contribution in [0, 0.1) is 12.8 Å². The van der Waals surface area contributed by atoms with E-state index in [1.165, 1.54) is 5.39 Å². The molecule has 0 bridgehead atoms. The SMILES string of the molecule is COc1ccc2c3ccnc(C)c3n(CCC(C)C(=O)OCc3ccccc3)c2c1. The molecule has 0 spiro atoms. The highest BCUT2D eigenvalue weighted by Gasteiger charge is 2.18. The summed E-state index contributed by atoms with van der Waals surface area (Å²) in [6, 6.07) is 17.9. The molecule has 0 radical (unpaired) electrons. The molecule has 4 rings (SSSR count). The summed E-state index contributed by atoms with van der Waals surface area (Å²) in [5.74, 6) is 0.434. The van der Waals surface area contributed by atoms with Crippen LogP contribution in [0.5, 0.6) is 5.75 Å². The van der Waals surface area contributed by atoms with Gasteiger partial charge in [0.05, 0.1) is 29.8 Å². The van der Waals surface area contributed by atoms with Crippen molar-refractivity contribution in [2.75, 3.05) is 7.11 Å². The van der Waals surface area contributed by atoms with E-state index in [4.69, 9.17) is 9.47 Å². The number of carbonyl (C=O) groups excluding carboxylic acids is 1. The Bertz CT molecular complexity index is 1180. The summed E-state index contributed by atoms with van der Waals surface area (Å²) in [5.41, 5.74) is 4.16. The quantitative estimate of drug-likeness (QED) is 0.395. The molecule has 0 amide bonds. The maximum atomic E-state index is 12.5. The standard InChI is InChI=1S/C25H26N2O3/c1-17(25(28)30-16-19-7-5-4-6-8-19)12-14-27-23-15-20(29-3)9-10-21(23)22-11-13-26-18(2)24(22)27/h4-11,13,15,17H,12,14,16H2,1-3H3. The predicted octanol–water partition coefficient (Wildman–Crippen LogP) is 5.28. The van der Waals surface area contributed by atoms with Crippen molar-refractivity contribution in [3.63, 3.8) is 0 Å². The van der Waals surface area contributed by atoms with Gasteiger partial charge in [-0.1, -0.05) is 37.3 Å². The third-order valence-corrected chi connectivity index (χ3v) is 5.58. The first-order valence-corrected chi connectivity index (χ1v) is 10.2. The molecule has 1 atom stereocenters. The van der Waals surface area contributed by atoms with Gasteiger partial charge in [0.2, 0.25) is 0 Å². The van der Waals surface area contributed by atoms with Gasteiger partial charge in [0.1, 0.15) is 12.4 Å². The number of methoxy groups -OCH3 is 1. The normalized spacial score (nSPS) is 12.2. The van der Waals surface area contributed by atoms with E-state index < -0.39 is 0 Å². The van der Waals surface area contributed by atoms with E-state index in [0.717, 1.165) is 33.4 Å². The molecule has 30 heavy (non-hydrogen) atoms. The first kappa shape index (κ1) is 20.0. The molecule has 1 unspecified atom stereocenters. The molecule has 2 aromatic carbocycles. The monoisotopic (exact) mass is 402 g/mol. The summed E-state index contributed by atoms with van der Waals surface area (Å²) in [5, 5.41) is 2.33. The van der Waals surface area contributed by atoms with Crippen LogP contribution in [-0.4, -0.2) is 22.6 Å². The van der Waals surface area contributed by atoms with E-state index >= 15 is 0 Å². The van der Waals surface area contributed by atoms with Crippen molar-refractivity contribution in [2.24, 2.45) is 5.92 Å². The number of nitrogens with zero attached hydrogens (tertiary/aromatic N) is 2. The molecule has 4 aromatic rings. The lowest BCUT2D eigenvalue weighted by Gasteiger charge is -2.14. The van der Waals surface area contributed by atoms with E-state index in [1.807, 2.05) is 68.6 Å². The Labute approximate surface area is 176 Å². The van der Waals surface area contributed by atoms with Gasteiger partial charge in [-0.3, -0.25) is 9.78 Å². The Morgan fingerprint density at radius 2 is 1.90 bits per heavy atom. The number of ether oxygens (including phenoxy) is 2. The summed E-state index contributed by atoms with van der Waals surface area (Å²) >= 11 is 0. The van der Waals surface area contributed by atoms with Crippen LogP contribution in [0.25, 0.3) is 21.8 Å². The average Bonchev–Trinajstić information content (AvgIpc) is 3.10. The Morgan fingerprint density at radius 1 is 1.10 bits per heavy atom. The molecule has 154 valence electrons. The van der Waals surface area contributed by atoms with Crippen LogP contribution in [0.4, 0.5) is 0 Å². The van der Waals surface area contributed by atoms with Gasteiger partial charge in [-0.2, -0.15) is 0 Å². The first-order chi connectivity index (χ1) is 14.6. The van der Waals surface area contributed by atoms with Crippen molar-refractivity contribution in [3.05, 3.63) is 72.1 Å². The predicted molar refractivity (Wildman–Crippen MR) is 119 cm³/mol. The van der Waals surface area contributed by atoms with Crippen LogP contribution in [0.15, 0.2) is 60.8 Å². The number of carbonyl (C=O) groups is 1. The molecule has 0 aliphatic rings. The Kier molecular flexibility index (Phi) is 5.70. The minimum atomic E-state index is -0.205. The highest BCUT2D eigenvalue weighted by molar-refractivity contribution is 6.09. The smallest absolute Gasteiger partial charge is 0.309 e. The first-order valence-electron chi connectivity index (χ1n) is 10.2. The van der Waals surface area contributed by atoms with Crippen molar-refractivity contribution in [1.82, 2.24) is 9.55 Å². The van der Waals surface area contributed by atoms with Crippen molar-refractivity contribution in [3.8, 4) is 5.75 Å². The van der Waals surface area contributed by atoms with Crippen molar-refractivity contribution < 1.29 is 14.3 Å². The average molecular weight is 402 g/mol. The fraction of sp³-hybridized carbons (Fsp3) is 0.280. The molecule has 0 saturated carbocycles. The maximum absolute atomic E-state index is 12.5. The van der Waals surface area contributed by atoms with Gasteiger partial charge in [-0.25, -0.2) is 0 Å². The number of rotatable bonds is 7. The molecule has 5 nitrogen and oxygen atoms in total. The number of benzene rings is 2. The fourth-order valence-electron chi connectivity index (χ4n) is 3.87. The minimum Gasteiger partial charge on any atom is -0.497 e. The maximum Gasteiger partial charge on any atom is 0.309 e. The Balaban J connectivity index is 1.56. The Hall–Kier alpha value is -3.34. The van der Waals surface area contributed by atoms with Crippen molar-refractivity contribution in [2.45, 2.75) is 33.4 Å². The third kappa shape index (κ3) is 3.88. The number of aryl methyl sites for hydroxylation is 2. The molecule has 0 aliphatic carbocycles. The molecular formula is C25H26N2O3. The van der Waals surface area contributed by atoms with E-state index in [-0.39, 0.29) is 11.9 Å². The lowest BCUT2D eigenvalue weighted by molar-refractivity contribution is -0.149. The lowest BCUT2D eigenvalue weighted by atomic mass is 10.1. The zero-order valence-electron chi connectivity index (χ0n) is 17.6. The van der Waals surface area contributed by atoms with Gasteiger partial charge in [-0.05, 0) is 37.1 Å². The second-order valence-corrected chi connectivity index (χ2v) is 7.61. The molecule has 0 aliphatic heterocycles. The van der Waals surface area contributed by atoms with Gasteiger partial charge in [-0.15, -0.1) is 0 Å². The summed E-state index contributed by atoms with van der Waals surface area (Å²) in [6.07, 6.45) is 2.52. The zero-order valence-corrected chi connectivity index (χ0v) is 17.6. The van der Waals surface area contributed by atoms with Gasteiger partial charge in [0.25, 0.3) is 0 Å². The molecule has 0 N–H and O–H groups in total. The number of hydrogen-bond donors (Lipinski definition) is 0. The molecule has 2 aromatic heterocycles. The van der Waals surface area contributed by atoms with E-state index in [1.54, 1.807) is 7.11 Å². The van der Waals surface area contributed by atoms with Crippen LogP contribution in [0.2, 0.25) is 0 Å². The number of esters is 1. The van der Waals surface area contributed by atoms with Gasteiger partial charge < -0.3 is 14.0 Å². The van der Waals surface area contributed by atoms with E-state index in [9.17, 15) is 4.79 Å². The van der Waals surface area contributed by atoms with Crippen LogP contribution in [-0.2, 0) is 22.7 Å². The second-order valence-electron chi connectivity index (χ2n) is 7.61. The van der Waals surface area contributed by atoms with Crippen LogP contribution in [0.3, 0.4) is 0 Å². The number of fused-ring (bicyclic) bond motifs is 3.